The number of hydrogen-bond donors (Lipinski definition) is 1. The van der Waals surface area contributed by atoms with Crippen molar-refractivity contribution in [2.75, 3.05) is 19.8 Å². The van der Waals surface area contributed by atoms with Gasteiger partial charge in [0.25, 0.3) is 0 Å². The fraction of sp³-hybridized carbons (Fsp3) is 0.778. The lowest BCUT2D eigenvalue weighted by Crippen LogP contribution is -2.18. The monoisotopic (exact) mass is 253 g/mol. The van der Waals surface area contributed by atoms with E-state index in [9.17, 15) is 13.2 Å². The third kappa shape index (κ3) is 6.22. The minimum absolute atomic E-state index is 0.0949. The number of halogens is 3. The molecule has 5 nitrogen and oxygen atoms in total. The van der Waals surface area contributed by atoms with Crippen LogP contribution in [-0.4, -0.2) is 36.1 Å². The van der Waals surface area contributed by atoms with E-state index in [4.69, 9.17) is 4.52 Å². The first-order valence-electron chi connectivity index (χ1n) is 5.18. The molecular formula is C9H14F3N3O2. The average molecular weight is 253 g/mol. The highest BCUT2D eigenvalue weighted by atomic mass is 19.4. The van der Waals surface area contributed by atoms with Gasteiger partial charge in [-0.1, -0.05) is 12.1 Å². The van der Waals surface area contributed by atoms with Crippen molar-refractivity contribution in [1.82, 2.24) is 15.5 Å². The van der Waals surface area contributed by atoms with E-state index in [1.807, 2.05) is 6.92 Å². The summed E-state index contributed by atoms with van der Waals surface area (Å²) in [7, 11) is 0. The van der Waals surface area contributed by atoms with Gasteiger partial charge in [-0.3, -0.25) is 0 Å². The van der Waals surface area contributed by atoms with Crippen LogP contribution in [0.15, 0.2) is 4.52 Å². The summed E-state index contributed by atoms with van der Waals surface area (Å²) in [6.07, 6.45) is -4.12. The van der Waals surface area contributed by atoms with E-state index in [-0.39, 0.29) is 18.9 Å². The second kappa shape index (κ2) is 6.55. The maximum absolute atomic E-state index is 11.7. The first kappa shape index (κ1) is 13.9. The molecule has 8 heteroatoms. The largest absolute Gasteiger partial charge is 0.411 e. The summed E-state index contributed by atoms with van der Waals surface area (Å²) >= 11 is 0. The van der Waals surface area contributed by atoms with Crippen molar-refractivity contribution in [2.45, 2.75) is 26.1 Å². The molecule has 1 heterocycles. The van der Waals surface area contributed by atoms with E-state index in [0.29, 0.717) is 12.4 Å². The lowest BCUT2D eigenvalue weighted by molar-refractivity contribution is -0.173. The normalized spacial score (nSPS) is 12.0. The van der Waals surface area contributed by atoms with Crippen molar-refractivity contribution >= 4 is 0 Å². The topological polar surface area (TPSA) is 60.2 Å². The van der Waals surface area contributed by atoms with Crippen LogP contribution in [0.1, 0.15) is 18.6 Å². The van der Waals surface area contributed by atoms with Crippen LogP contribution in [0.4, 0.5) is 13.2 Å². The quantitative estimate of drug-likeness (QED) is 0.742. The predicted octanol–water partition coefficient (Wildman–Crippen LogP) is 1.30. The van der Waals surface area contributed by atoms with Gasteiger partial charge in [-0.25, -0.2) is 0 Å². The molecule has 0 radical (unpaired) electrons. The van der Waals surface area contributed by atoms with Crippen LogP contribution in [0.3, 0.4) is 0 Å². The summed E-state index contributed by atoms with van der Waals surface area (Å²) in [4.78, 5) is 3.98. The highest BCUT2D eigenvalue weighted by molar-refractivity contribution is 4.85. The second-order valence-corrected chi connectivity index (χ2v) is 3.30. The van der Waals surface area contributed by atoms with Gasteiger partial charge in [0.1, 0.15) is 6.61 Å². The van der Waals surface area contributed by atoms with Crippen molar-refractivity contribution in [2.24, 2.45) is 0 Å². The van der Waals surface area contributed by atoms with E-state index in [2.05, 4.69) is 20.2 Å². The third-order valence-electron chi connectivity index (χ3n) is 1.77. The molecule has 0 atom stereocenters. The average Bonchev–Trinajstić information content (AvgIpc) is 2.68. The van der Waals surface area contributed by atoms with Crippen molar-refractivity contribution < 1.29 is 22.4 Å². The van der Waals surface area contributed by atoms with E-state index >= 15 is 0 Å². The molecule has 0 bridgehead atoms. The van der Waals surface area contributed by atoms with Gasteiger partial charge in [-0.05, 0) is 6.54 Å². The highest BCUT2D eigenvalue weighted by Gasteiger charge is 2.27. The molecule has 0 aliphatic rings. The Morgan fingerprint density at radius 2 is 2.18 bits per heavy atom. The van der Waals surface area contributed by atoms with Crippen LogP contribution >= 0.6 is 0 Å². The van der Waals surface area contributed by atoms with Crippen molar-refractivity contribution in [3.8, 4) is 0 Å². The van der Waals surface area contributed by atoms with E-state index < -0.39 is 12.8 Å². The molecule has 1 rings (SSSR count). The van der Waals surface area contributed by atoms with Crippen LogP contribution in [0, 0.1) is 0 Å². The van der Waals surface area contributed by atoms with Gasteiger partial charge in [-0.15, -0.1) is 0 Å². The fourth-order valence-electron chi connectivity index (χ4n) is 1.05. The Morgan fingerprint density at radius 1 is 1.41 bits per heavy atom. The molecule has 98 valence electrons. The maximum Gasteiger partial charge on any atom is 0.411 e. The fourth-order valence-corrected chi connectivity index (χ4v) is 1.05. The number of nitrogens with zero attached hydrogens (tertiary/aromatic N) is 2. The van der Waals surface area contributed by atoms with E-state index in [1.165, 1.54) is 0 Å². The van der Waals surface area contributed by atoms with Gasteiger partial charge >= 0.3 is 6.18 Å². The minimum atomic E-state index is -4.30. The zero-order valence-corrected chi connectivity index (χ0v) is 9.38. The summed E-state index contributed by atoms with van der Waals surface area (Å²) in [6.45, 7) is 1.84. The number of aromatic nitrogens is 2. The van der Waals surface area contributed by atoms with Crippen LogP contribution < -0.4 is 5.32 Å². The number of rotatable bonds is 7. The van der Waals surface area contributed by atoms with Crippen molar-refractivity contribution in [1.29, 1.82) is 0 Å². The molecule has 0 aliphatic heterocycles. The molecule has 0 unspecified atom stereocenters. The molecule has 0 amide bonds. The molecule has 0 aliphatic carbocycles. The molecule has 1 N–H and O–H groups in total. The Kier molecular flexibility index (Phi) is 5.36. The molecule has 0 spiro atoms. The SMILES string of the molecule is CCNCc1noc(CCOCC(F)(F)F)n1. The number of alkyl halides is 3. The van der Waals surface area contributed by atoms with E-state index in [1.54, 1.807) is 0 Å². The van der Waals surface area contributed by atoms with Crippen LogP contribution in [0.2, 0.25) is 0 Å². The number of nitrogens with one attached hydrogen (secondary N) is 1. The van der Waals surface area contributed by atoms with Crippen molar-refractivity contribution in [3.63, 3.8) is 0 Å². The summed E-state index contributed by atoms with van der Waals surface area (Å²) in [5, 5.41) is 6.65. The summed E-state index contributed by atoms with van der Waals surface area (Å²) in [5.41, 5.74) is 0. The Morgan fingerprint density at radius 3 is 2.82 bits per heavy atom. The smallest absolute Gasteiger partial charge is 0.372 e. The highest BCUT2D eigenvalue weighted by Crippen LogP contribution is 2.14. The maximum atomic E-state index is 11.7. The zero-order chi connectivity index (χ0) is 12.7. The van der Waals surface area contributed by atoms with E-state index in [0.717, 1.165) is 6.54 Å². The predicted molar refractivity (Wildman–Crippen MR) is 52.3 cm³/mol. The molecule has 0 saturated heterocycles. The summed E-state index contributed by atoms with van der Waals surface area (Å²) in [5.74, 6) is 0.762. The first-order valence-corrected chi connectivity index (χ1v) is 5.18. The summed E-state index contributed by atoms with van der Waals surface area (Å²) in [6, 6.07) is 0. The Labute approximate surface area is 96.3 Å². The Hall–Kier alpha value is -1.15. The summed E-state index contributed by atoms with van der Waals surface area (Å²) < 4.78 is 44.5. The van der Waals surface area contributed by atoms with Gasteiger partial charge in [0.2, 0.25) is 5.89 Å². The van der Waals surface area contributed by atoms with Crippen molar-refractivity contribution in [3.05, 3.63) is 11.7 Å². The lowest BCUT2D eigenvalue weighted by atomic mass is 10.4. The number of hydrogen-bond acceptors (Lipinski definition) is 5. The molecular weight excluding hydrogens is 239 g/mol. The molecule has 1 aromatic rings. The first-order chi connectivity index (χ1) is 8.01. The van der Waals surface area contributed by atoms with Crippen LogP contribution in [-0.2, 0) is 17.7 Å². The minimum Gasteiger partial charge on any atom is -0.372 e. The van der Waals surface area contributed by atoms with Gasteiger partial charge in [0.05, 0.1) is 19.6 Å². The Bertz CT molecular complexity index is 328. The Balaban J connectivity index is 2.21. The van der Waals surface area contributed by atoms with Gasteiger partial charge < -0.3 is 14.6 Å². The van der Waals surface area contributed by atoms with Gasteiger partial charge in [0.15, 0.2) is 5.82 Å². The standard InChI is InChI=1S/C9H14F3N3O2/c1-2-13-5-7-14-8(17-15-7)3-4-16-6-9(10,11)12/h13H,2-6H2,1H3. The van der Waals surface area contributed by atoms with Gasteiger partial charge in [-0.2, -0.15) is 18.2 Å². The lowest BCUT2D eigenvalue weighted by Gasteiger charge is -2.05. The molecule has 1 aromatic heterocycles. The molecule has 17 heavy (non-hydrogen) atoms. The number of ether oxygens (including phenoxy) is 1. The van der Waals surface area contributed by atoms with Crippen LogP contribution in [0.25, 0.3) is 0 Å². The third-order valence-corrected chi connectivity index (χ3v) is 1.77. The molecule has 0 aromatic carbocycles. The molecule has 0 fully saturated rings. The van der Waals surface area contributed by atoms with Gasteiger partial charge in [0, 0.05) is 0 Å². The molecule has 0 saturated carbocycles. The zero-order valence-electron chi connectivity index (χ0n) is 9.38. The second-order valence-electron chi connectivity index (χ2n) is 3.30. The van der Waals surface area contributed by atoms with Crippen LogP contribution in [0.5, 0.6) is 0 Å².